The molecule has 0 spiro atoms. The van der Waals surface area contributed by atoms with Gasteiger partial charge in [0.05, 0.1) is 10.5 Å². The van der Waals surface area contributed by atoms with Crippen molar-refractivity contribution in [3.63, 3.8) is 0 Å². The smallest absolute Gasteiger partial charge is 0.322 e. The van der Waals surface area contributed by atoms with Crippen LogP contribution in [0.1, 0.15) is 29.8 Å². The van der Waals surface area contributed by atoms with Crippen molar-refractivity contribution < 1.29 is 26.4 Å². The van der Waals surface area contributed by atoms with Gasteiger partial charge in [0.25, 0.3) is 5.91 Å². The fraction of sp³-hybridized carbons (Fsp3) is 0.278. The van der Waals surface area contributed by atoms with Gasteiger partial charge in [-0.15, -0.1) is 0 Å². The Labute approximate surface area is 155 Å². The van der Waals surface area contributed by atoms with Crippen molar-refractivity contribution in [2.24, 2.45) is 0 Å². The number of nitrogens with zero attached hydrogens (tertiary/aromatic N) is 1. The molecule has 2 aromatic rings. The maximum Gasteiger partial charge on any atom is 0.416 e. The Morgan fingerprint density at radius 1 is 1.04 bits per heavy atom. The molecule has 0 atom stereocenters. The molecule has 0 heterocycles. The molecular weight excluding hydrogens is 381 g/mol. The third-order valence-electron chi connectivity index (χ3n) is 3.91. The van der Waals surface area contributed by atoms with Crippen LogP contribution in [0, 0.1) is 0 Å². The van der Waals surface area contributed by atoms with Gasteiger partial charge in [-0.1, -0.05) is 19.9 Å². The van der Waals surface area contributed by atoms with Crippen molar-refractivity contribution in [3.05, 3.63) is 59.7 Å². The summed E-state index contributed by atoms with van der Waals surface area (Å²) in [6.45, 7) is 4.07. The van der Waals surface area contributed by atoms with E-state index < -0.39 is 27.7 Å². The van der Waals surface area contributed by atoms with Crippen molar-refractivity contribution in [2.75, 3.05) is 18.4 Å². The lowest BCUT2D eigenvalue weighted by Crippen LogP contribution is -2.30. The maximum absolute atomic E-state index is 12.7. The Bertz CT molecular complexity index is 906. The van der Waals surface area contributed by atoms with E-state index >= 15 is 0 Å². The summed E-state index contributed by atoms with van der Waals surface area (Å²) in [6.07, 6.45) is -4.51. The molecular formula is C18H19F3N2O3S. The van der Waals surface area contributed by atoms with Crippen molar-refractivity contribution >= 4 is 21.6 Å². The second-order valence-corrected chi connectivity index (χ2v) is 7.58. The zero-order valence-corrected chi connectivity index (χ0v) is 15.6. The first-order chi connectivity index (χ1) is 12.6. The largest absolute Gasteiger partial charge is 0.416 e. The number of carbonyl (C=O) groups excluding carboxylic acids is 1. The lowest BCUT2D eigenvalue weighted by atomic mass is 10.1. The average molecular weight is 400 g/mol. The summed E-state index contributed by atoms with van der Waals surface area (Å²) < 4.78 is 64.3. The summed E-state index contributed by atoms with van der Waals surface area (Å²) in [5.74, 6) is -0.638. The van der Waals surface area contributed by atoms with Crippen molar-refractivity contribution in [3.8, 4) is 0 Å². The zero-order chi connectivity index (χ0) is 20.2. The molecule has 5 nitrogen and oxygen atoms in total. The van der Waals surface area contributed by atoms with Crippen LogP contribution in [0.2, 0.25) is 0 Å². The van der Waals surface area contributed by atoms with Crippen LogP contribution in [0.4, 0.5) is 18.9 Å². The second kappa shape index (κ2) is 8.10. The van der Waals surface area contributed by atoms with Crippen LogP contribution in [0.25, 0.3) is 0 Å². The van der Waals surface area contributed by atoms with E-state index in [0.717, 1.165) is 12.1 Å². The van der Waals surface area contributed by atoms with Gasteiger partial charge in [-0.2, -0.15) is 17.5 Å². The molecule has 27 heavy (non-hydrogen) atoms. The normalized spacial score (nSPS) is 12.2. The maximum atomic E-state index is 12.7. The van der Waals surface area contributed by atoms with Gasteiger partial charge in [-0.3, -0.25) is 4.79 Å². The van der Waals surface area contributed by atoms with Crippen LogP contribution < -0.4 is 5.32 Å². The van der Waals surface area contributed by atoms with Gasteiger partial charge < -0.3 is 5.32 Å². The van der Waals surface area contributed by atoms with E-state index in [4.69, 9.17) is 0 Å². The first-order valence-electron chi connectivity index (χ1n) is 8.18. The molecule has 0 saturated carbocycles. The van der Waals surface area contributed by atoms with Crippen molar-refractivity contribution in [2.45, 2.75) is 24.9 Å². The van der Waals surface area contributed by atoms with Gasteiger partial charge in [-0.25, -0.2) is 8.42 Å². The zero-order valence-electron chi connectivity index (χ0n) is 14.7. The minimum absolute atomic E-state index is 0.00494. The Kier molecular flexibility index (Phi) is 6.27. The number of sulfonamides is 1. The number of hydrogen-bond donors (Lipinski definition) is 1. The molecule has 1 N–H and O–H groups in total. The number of carbonyl (C=O) groups is 1. The number of alkyl halides is 3. The SMILES string of the molecule is CCN(CC)S(=O)(=O)c1ccc(C(=O)Nc2cccc(C(F)(F)F)c2)cc1. The Balaban J connectivity index is 2.19. The van der Waals surface area contributed by atoms with Gasteiger partial charge in [-0.05, 0) is 42.5 Å². The second-order valence-electron chi connectivity index (χ2n) is 5.65. The summed E-state index contributed by atoms with van der Waals surface area (Å²) in [4.78, 5) is 12.3. The molecule has 0 radical (unpaired) electrons. The molecule has 0 bridgehead atoms. The van der Waals surface area contributed by atoms with Gasteiger partial charge in [0.2, 0.25) is 10.0 Å². The summed E-state index contributed by atoms with van der Waals surface area (Å²) in [7, 11) is -3.65. The predicted molar refractivity (Wildman–Crippen MR) is 95.9 cm³/mol. The summed E-state index contributed by atoms with van der Waals surface area (Å²) >= 11 is 0. The fourth-order valence-corrected chi connectivity index (χ4v) is 3.93. The molecule has 2 rings (SSSR count). The molecule has 0 saturated heterocycles. The van der Waals surface area contributed by atoms with E-state index in [2.05, 4.69) is 5.32 Å². The molecule has 2 aromatic carbocycles. The summed E-state index contributed by atoms with van der Waals surface area (Å²) in [6, 6.07) is 9.51. The molecule has 146 valence electrons. The summed E-state index contributed by atoms with van der Waals surface area (Å²) in [5, 5.41) is 2.38. The lowest BCUT2D eigenvalue weighted by Gasteiger charge is -2.18. The van der Waals surface area contributed by atoms with Crippen LogP contribution in [0.5, 0.6) is 0 Å². The standard InChI is InChI=1S/C18H19F3N2O3S/c1-3-23(4-2)27(25,26)16-10-8-13(9-11-16)17(24)22-15-7-5-6-14(12-15)18(19,20)21/h5-12H,3-4H2,1-2H3,(H,22,24). The van der Waals surface area contributed by atoms with Gasteiger partial charge in [0, 0.05) is 24.3 Å². The molecule has 0 aliphatic rings. The van der Waals surface area contributed by atoms with Crippen LogP contribution in [0.15, 0.2) is 53.4 Å². The van der Waals surface area contributed by atoms with E-state index in [-0.39, 0.29) is 16.1 Å². The van der Waals surface area contributed by atoms with E-state index in [1.807, 2.05) is 0 Å². The van der Waals surface area contributed by atoms with Gasteiger partial charge in [0.1, 0.15) is 0 Å². The fourth-order valence-electron chi connectivity index (χ4n) is 2.47. The molecule has 0 aliphatic heterocycles. The third kappa shape index (κ3) is 4.86. The quantitative estimate of drug-likeness (QED) is 0.797. The Morgan fingerprint density at radius 3 is 2.15 bits per heavy atom. The number of benzene rings is 2. The third-order valence-corrected chi connectivity index (χ3v) is 5.97. The molecule has 0 unspecified atom stereocenters. The highest BCUT2D eigenvalue weighted by Gasteiger charge is 2.30. The first-order valence-corrected chi connectivity index (χ1v) is 9.62. The Hall–Kier alpha value is -2.39. The number of nitrogens with one attached hydrogen (secondary N) is 1. The molecule has 1 amide bonds. The number of halogens is 3. The van der Waals surface area contributed by atoms with Crippen LogP contribution >= 0.6 is 0 Å². The molecule has 9 heteroatoms. The van der Waals surface area contributed by atoms with Crippen LogP contribution in [-0.4, -0.2) is 31.7 Å². The average Bonchev–Trinajstić information content (AvgIpc) is 2.62. The van der Waals surface area contributed by atoms with Gasteiger partial charge >= 0.3 is 6.18 Å². The van der Waals surface area contributed by atoms with Crippen molar-refractivity contribution in [1.82, 2.24) is 4.31 Å². The molecule has 0 aliphatic carbocycles. The van der Waals surface area contributed by atoms with Crippen LogP contribution in [-0.2, 0) is 16.2 Å². The highest BCUT2D eigenvalue weighted by molar-refractivity contribution is 7.89. The molecule has 0 aromatic heterocycles. The minimum atomic E-state index is -4.51. The van der Waals surface area contributed by atoms with E-state index in [1.165, 1.54) is 40.7 Å². The number of anilines is 1. The number of rotatable bonds is 6. The monoisotopic (exact) mass is 400 g/mol. The topological polar surface area (TPSA) is 66.5 Å². The van der Waals surface area contributed by atoms with E-state index in [9.17, 15) is 26.4 Å². The summed E-state index contributed by atoms with van der Waals surface area (Å²) in [5.41, 5.74) is -0.749. The molecule has 0 fully saturated rings. The highest BCUT2D eigenvalue weighted by Crippen LogP contribution is 2.30. The minimum Gasteiger partial charge on any atom is -0.322 e. The Morgan fingerprint density at radius 2 is 1.63 bits per heavy atom. The van der Waals surface area contributed by atoms with E-state index in [1.54, 1.807) is 13.8 Å². The predicted octanol–water partition coefficient (Wildman–Crippen LogP) is 3.99. The van der Waals surface area contributed by atoms with Crippen LogP contribution in [0.3, 0.4) is 0 Å². The highest BCUT2D eigenvalue weighted by atomic mass is 32.2. The van der Waals surface area contributed by atoms with E-state index in [0.29, 0.717) is 13.1 Å². The van der Waals surface area contributed by atoms with Crippen molar-refractivity contribution in [1.29, 1.82) is 0 Å². The number of hydrogen-bond acceptors (Lipinski definition) is 3. The first kappa shape index (κ1) is 20.9. The lowest BCUT2D eigenvalue weighted by molar-refractivity contribution is -0.137. The van der Waals surface area contributed by atoms with Gasteiger partial charge in [0.15, 0.2) is 0 Å². The number of amides is 1.